The molecule has 4 amide bonds. The van der Waals surface area contributed by atoms with Crippen LogP contribution in [0.5, 0.6) is 5.75 Å². The second kappa shape index (κ2) is 8.20. The van der Waals surface area contributed by atoms with Gasteiger partial charge < -0.3 is 14.6 Å². The Morgan fingerprint density at radius 3 is 2.23 bits per heavy atom. The number of ether oxygens (including phenoxy) is 1. The summed E-state index contributed by atoms with van der Waals surface area (Å²) in [5.41, 5.74) is 3.20. The third kappa shape index (κ3) is 4.22. The molecule has 0 radical (unpaired) electrons. The van der Waals surface area contributed by atoms with Crippen LogP contribution < -0.4 is 20.1 Å². The molecule has 0 saturated carbocycles. The van der Waals surface area contributed by atoms with Crippen molar-refractivity contribution in [2.75, 3.05) is 11.5 Å². The van der Waals surface area contributed by atoms with Crippen LogP contribution in [0.25, 0.3) is 6.08 Å². The summed E-state index contributed by atoms with van der Waals surface area (Å²) < 4.78 is 5.00. The van der Waals surface area contributed by atoms with E-state index in [0.717, 1.165) is 21.6 Å². The number of aliphatic carboxylic acids is 1. The van der Waals surface area contributed by atoms with Gasteiger partial charge in [-0.25, -0.2) is 9.69 Å². The van der Waals surface area contributed by atoms with Crippen LogP contribution in [-0.4, -0.2) is 30.4 Å². The Bertz CT molecular complexity index is 1060. The number of anilines is 1. The number of carbonyl (C=O) groups excluding carboxylic acids is 4. The maximum absolute atomic E-state index is 13.1. The van der Waals surface area contributed by atoms with Crippen LogP contribution in [0.1, 0.15) is 22.3 Å². The number of nitrogens with one attached hydrogen (secondary N) is 1. The zero-order valence-electron chi connectivity index (χ0n) is 16.6. The summed E-state index contributed by atoms with van der Waals surface area (Å²) in [6, 6.07) is 9.02. The van der Waals surface area contributed by atoms with Gasteiger partial charge in [0.05, 0.1) is 11.7 Å². The lowest BCUT2D eigenvalue weighted by molar-refractivity contribution is -0.307. The fourth-order valence-corrected chi connectivity index (χ4v) is 3.35. The zero-order valence-corrected chi connectivity index (χ0v) is 16.6. The third-order valence-corrected chi connectivity index (χ3v) is 4.51. The summed E-state index contributed by atoms with van der Waals surface area (Å²) >= 11 is 0. The SMILES string of the molecule is Cc1cc(C)c(N2C(=O)NC(=O)/C(=C\c3ccc(OCC(=O)[O-])cc3)C2=O)c(C)c1. The van der Waals surface area contributed by atoms with Crippen molar-refractivity contribution in [3.8, 4) is 5.75 Å². The van der Waals surface area contributed by atoms with Gasteiger partial charge in [0.15, 0.2) is 0 Å². The van der Waals surface area contributed by atoms with Crippen LogP contribution in [0.2, 0.25) is 0 Å². The lowest BCUT2D eigenvalue weighted by Gasteiger charge is -2.29. The molecule has 0 atom stereocenters. The molecule has 8 nitrogen and oxygen atoms in total. The van der Waals surface area contributed by atoms with E-state index in [9.17, 15) is 24.3 Å². The summed E-state index contributed by atoms with van der Waals surface area (Å²) in [5, 5.41) is 12.7. The molecule has 3 rings (SSSR count). The Morgan fingerprint density at radius 2 is 1.67 bits per heavy atom. The number of nitrogens with zero attached hydrogens (tertiary/aromatic N) is 1. The van der Waals surface area contributed by atoms with E-state index in [1.165, 1.54) is 18.2 Å². The molecular weight excluding hydrogens is 388 g/mol. The summed E-state index contributed by atoms with van der Waals surface area (Å²) in [6.07, 6.45) is 1.36. The van der Waals surface area contributed by atoms with Crippen LogP contribution >= 0.6 is 0 Å². The summed E-state index contributed by atoms with van der Waals surface area (Å²) in [7, 11) is 0. The number of benzene rings is 2. The maximum Gasteiger partial charge on any atom is 0.335 e. The van der Waals surface area contributed by atoms with Crippen LogP contribution in [0, 0.1) is 20.8 Å². The van der Waals surface area contributed by atoms with E-state index in [2.05, 4.69) is 5.32 Å². The number of hydrogen-bond acceptors (Lipinski definition) is 6. The lowest BCUT2D eigenvalue weighted by Crippen LogP contribution is -2.54. The van der Waals surface area contributed by atoms with E-state index < -0.39 is 30.4 Å². The molecule has 0 aromatic heterocycles. The summed E-state index contributed by atoms with van der Waals surface area (Å²) in [4.78, 5) is 49.3. The Morgan fingerprint density at radius 1 is 1.07 bits per heavy atom. The average Bonchev–Trinajstić information content (AvgIpc) is 2.66. The molecule has 0 aliphatic carbocycles. The normalized spacial score (nSPS) is 15.4. The molecule has 0 bridgehead atoms. The second-order valence-electron chi connectivity index (χ2n) is 6.93. The van der Waals surface area contributed by atoms with Gasteiger partial charge in [0.25, 0.3) is 11.8 Å². The Kier molecular flexibility index (Phi) is 5.68. The van der Waals surface area contributed by atoms with Gasteiger partial charge in [-0.1, -0.05) is 29.8 Å². The number of rotatable bonds is 5. The number of barbiturate groups is 1. The monoisotopic (exact) mass is 407 g/mol. The molecule has 154 valence electrons. The number of hydrogen-bond donors (Lipinski definition) is 1. The van der Waals surface area contributed by atoms with Gasteiger partial charge in [0.2, 0.25) is 0 Å². The van der Waals surface area contributed by atoms with E-state index in [0.29, 0.717) is 17.0 Å². The molecule has 0 spiro atoms. The molecule has 1 saturated heterocycles. The van der Waals surface area contributed by atoms with Crippen LogP contribution in [0.15, 0.2) is 42.0 Å². The van der Waals surface area contributed by atoms with Crippen molar-refractivity contribution in [2.45, 2.75) is 20.8 Å². The molecule has 8 heteroatoms. The number of carbonyl (C=O) groups is 4. The van der Waals surface area contributed by atoms with Crippen molar-refractivity contribution in [3.05, 3.63) is 64.2 Å². The Balaban J connectivity index is 1.94. The molecule has 1 aliphatic heterocycles. The topological polar surface area (TPSA) is 116 Å². The molecule has 2 aromatic rings. The number of imide groups is 2. The first-order valence-corrected chi connectivity index (χ1v) is 9.09. The summed E-state index contributed by atoms with van der Waals surface area (Å²) in [6.45, 7) is 4.91. The highest BCUT2D eigenvalue weighted by atomic mass is 16.5. The first-order valence-electron chi connectivity index (χ1n) is 9.09. The molecular formula is C22H19N2O6-. The minimum Gasteiger partial charge on any atom is -0.546 e. The van der Waals surface area contributed by atoms with Crippen molar-refractivity contribution in [1.29, 1.82) is 0 Å². The van der Waals surface area contributed by atoms with Crippen LogP contribution in [-0.2, 0) is 14.4 Å². The fourth-order valence-electron chi connectivity index (χ4n) is 3.35. The molecule has 1 N–H and O–H groups in total. The second-order valence-corrected chi connectivity index (χ2v) is 6.93. The fraction of sp³-hybridized carbons (Fsp3) is 0.182. The molecule has 1 fully saturated rings. The first kappa shape index (κ1) is 20.8. The first-order chi connectivity index (χ1) is 14.2. The number of aryl methyl sites for hydroxylation is 3. The molecule has 0 unspecified atom stereocenters. The van der Waals surface area contributed by atoms with Crippen molar-refractivity contribution >= 4 is 35.6 Å². The van der Waals surface area contributed by atoms with Gasteiger partial charge in [0.1, 0.15) is 17.9 Å². The predicted molar refractivity (Wildman–Crippen MR) is 107 cm³/mol. The van der Waals surface area contributed by atoms with Gasteiger partial charge in [0, 0.05) is 0 Å². The summed E-state index contributed by atoms with van der Waals surface area (Å²) in [5.74, 6) is -2.57. The maximum atomic E-state index is 13.1. The standard InChI is InChI=1S/C22H20N2O6/c1-12-8-13(2)19(14(3)9-12)24-21(28)17(20(27)23-22(24)29)10-15-4-6-16(7-5-15)30-11-18(25)26/h4-10H,11H2,1-3H3,(H,25,26)(H,23,27,29)/p-1/b17-10+. The number of carboxylic acids is 1. The Hall–Kier alpha value is -3.94. The zero-order chi connectivity index (χ0) is 22.0. The molecule has 2 aromatic carbocycles. The van der Waals surface area contributed by atoms with E-state index in [1.807, 2.05) is 19.1 Å². The molecule has 1 aliphatic rings. The minimum absolute atomic E-state index is 0.197. The molecule has 30 heavy (non-hydrogen) atoms. The molecule has 1 heterocycles. The highest BCUT2D eigenvalue weighted by Crippen LogP contribution is 2.29. The number of carboxylic acid groups (broad SMARTS) is 1. The van der Waals surface area contributed by atoms with Gasteiger partial charge in [-0.2, -0.15) is 0 Å². The van der Waals surface area contributed by atoms with Crippen LogP contribution in [0.3, 0.4) is 0 Å². The number of amides is 4. The average molecular weight is 407 g/mol. The van der Waals surface area contributed by atoms with Gasteiger partial charge in [-0.05, 0) is 55.7 Å². The van der Waals surface area contributed by atoms with Gasteiger partial charge >= 0.3 is 6.03 Å². The van der Waals surface area contributed by atoms with E-state index >= 15 is 0 Å². The van der Waals surface area contributed by atoms with E-state index in [4.69, 9.17) is 4.74 Å². The Labute approximate surface area is 172 Å². The van der Waals surface area contributed by atoms with Gasteiger partial charge in [-0.15, -0.1) is 0 Å². The minimum atomic E-state index is -1.35. The smallest absolute Gasteiger partial charge is 0.335 e. The van der Waals surface area contributed by atoms with Crippen molar-refractivity contribution in [2.24, 2.45) is 0 Å². The van der Waals surface area contributed by atoms with Crippen molar-refractivity contribution in [3.63, 3.8) is 0 Å². The highest BCUT2D eigenvalue weighted by Gasteiger charge is 2.38. The third-order valence-electron chi connectivity index (χ3n) is 4.51. The largest absolute Gasteiger partial charge is 0.546 e. The van der Waals surface area contributed by atoms with Gasteiger partial charge in [-0.3, -0.25) is 14.9 Å². The quantitative estimate of drug-likeness (QED) is 0.592. The van der Waals surface area contributed by atoms with Crippen molar-refractivity contribution in [1.82, 2.24) is 5.32 Å². The van der Waals surface area contributed by atoms with Crippen LogP contribution in [0.4, 0.5) is 10.5 Å². The van der Waals surface area contributed by atoms with E-state index in [-0.39, 0.29) is 5.57 Å². The highest BCUT2D eigenvalue weighted by molar-refractivity contribution is 6.39. The van der Waals surface area contributed by atoms with E-state index in [1.54, 1.807) is 26.0 Å². The number of urea groups is 1. The van der Waals surface area contributed by atoms with Crippen molar-refractivity contribution < 1.29 is 29.0 Å². The predicted octanol–water partition coefficient (Wildman–Crippen LogP) is 1.41. The lowest BCUT2D eigenvalue weighted by atomic mass is 10.0.